The van der Waals surface area contributed by atoms with Crippen LogP contribution in [-0.4, -0.2) is 39.7 Å². The lowest BCUT2D eigenvalue weighted by atomic mass is 9.88. The number of quaternary nitrogens is 1. The van der Waals surface area contributed by atoms with Crippen molar-refractivity contribution in [3.05, 3.63) is 35.9 Å². The molecule has 1 aromatic rings. The fraction of sp³-hybridized carbons (Fsp3) is 0.760. The molecule has 0 aliphatic rings. The monoisotopic (exact) mass is 448 g/mol. The molecule has 0 fully saturated rings. The molecule has 2 unspecified atom stereocenters. The summed E-state index contributed by atoms with van der Waals surface area (Å²) in [6.45, 7) is 4.74. The topological polar surface area (TPSA) is 12.0 Å². The summed E-state index contributed by atoms with van der Waals surface area (Å²) in [5.74, 6) is 0.733. The Labute approximate surface area is 195 Å². The molecule has 1 aromatic carbocycles. The molecule has 0 heterocycles. The molecule has 4 heteroatoms. The molecule has 29 heavy (non-hydrogen) atoms. The van der Waals surface area contributed by atoms with E-state index in [1.807, 2.05) is 14.1 Å². The second kappa shape index (κ2) is 21.0. The molecule has 0 aromatic heterocycles. The number of halogens is 2. The predicted octanol–water partition coefficient (Wildman–Crippen LogP) is 4.25. The Morgan fingerprint density at radius 2 is 1.21 bits per heavy atom. The lowest BCUT2D eigenvalue weighted by molar-refractivity contribution is -0.906. The van der Waals surface area contributed by atoms with E-state index < -0.39 is 0 Å². The summed E-state index contributed by atoms with van der Waals surface area (Å²) in [5, 5.41) is 2.75. The number of unbranched alkanes of at least 4 members (excludes halogenated alkanes) is 8. The molecule has 0 aliphatic carbocycles. The third-order valence-corrected chi connectivity index (χ3v) is 5.28. The normalized spacial score (nSPS) is 12.7. The zero-order chi connectivity index (χ0) is 20.5. The van der Waals surface area contributed by atoms with E-state index in [9.17, 15) is 0 Å². The van der Waals surface area contributed by atoms with Crippen molar-refractivity contribution in [1.82, 2.24) is 5.32 Å². The number of benzene rings is 1. The van der Waals surface area contributed by atoms with Gasteiger partial charge in [-0.1, -0.05) is 102 Å². The van der Waals surface area contributed by atoms with Gasteiger partial charge in [-0.05, 0) is 20.5 Å². The van der Waals surface area contributed by atoms with E-state index in [0.29, 0.717) is 6.04 Å². The summed E-state index contributed by atoms with van der Waals surface area (Å²) in [6, 6.07) is 11.7. The van der Waals surface area contributed by atoms with Crippen LogP contribution in [0.5, 0.6) is 0 Å². The minimum Gasteiger partial charge on any atom is -1.00 e. The molecule has 174 valence electrons. The highest BCUT2D eigenvalue weighted by Crippen LogP contribution is 2.34. The highest BCUT2D eigenvalue weighted by Gasteiger charge is 2.30. The van der Waals surface area contributed by atoms with E-state index in [4.69, 9.17) is 0 Å². The van der Waals surface area contributed by atoms with Crippen LogP contribution in [0.25, 0.3) is 0 Å². The molecule has 1 N–H and O–H groups in total. The Hall–Kier alpha value is -0.280. The zero-order valence-electron chi connectivity index (χ0n) is 20.3. The molecule has 0 bridgehead atoms. The standard InChI is InChI=1S/C23H42N.C2H7N.2ClH/c1-6-7-8-9-10-11-12-13-15-18-21(2)23(24(3,4)5)22-19-16-14-17-20-22;1-3-2;;/h14,16-17,19-21,23H,6-13,15,18H2,1-5H3;3H,1-2H3;2*1H/q+1;;;/p-1. The molecule has 0 amide bonds. The number of hydrogen-bond acceptors (Lipinski definition) is 1. The lowest BCUT2D eigenvalue weighted by Crippen LogP contribution is -3.00. The zero-order valence-corrected chi connectivity index (χ0v) is 21.9. The Balaban J connectivity index is -0.00000127. The molecule has 0 saturated carbocycles. The summed E-state index contributed by atoms with van der Waals surface area (Å²) in [4.78, 5) is 0. The van der Waals surface area contributed by atoms with Crippen LogP contribution in [-0.2, 0) is 0 Å². The molecular weight excluding hydrogens is 399 g/mol. The predicted molar refractivity (Wildman–Crippen MR) is 130 cm³/mol. The van der Waals surface area contributed by atoms with Crippen molar-refractivity contribution in [1.29, 1.82) is 0 Å². The van der Waals surface area contributed by atoms with E-state index in [0.717, 1.165) is 10.4 Å². The van der Waals surface area contributed by atoms with E-state index in [1.165, 1.54) is 69.8 Å². The maximum absolute atomic E-state index is 2.75. The molecule has 2 nitrogen and oxygen atoms in total. The van der Waals surface area contributed by atoms with Gasteiger partial charge in [-0.2, -0.15) is 0 Å². The smallest absolute Gasteiger partial charge is 0.117 e. The van der Waals surface area contributed by atoms with E-state index >= 15 is 0 Å². The lowest BCUT2D eigenvalue weighted by Gasteiger charge is -2.38. The average Bonchev–Trinajstić information content (AvgIpc) is 2.61. The molecule has 2 atom stereocenters. The summed E-state index contributed by atoms with van der Waals surface area (Å²) in [7, 11) is 10.8. The van der Waals surface area contributed by atoms with Crippen molar-refractivity contribution in [2.75, 3.05) is 35.2 Å². The summed E-state index contributed by atoms with van der Waals surface area (Å²) >= 11 is 0. The van der Waals surface area contributed by atoms with Crippen LogP contribution in [0, 0.1) is 5.92 Å². The van der Waals surface area contributed by atoms with Crippen LogP contribution in [0.1, 0.15) is 89.7 Å². The maximum atomic E-state index is 2.75. The van der Waals surface area contributed by atoms with Gasteiger partial charge < -0.3 is 22.2 Å². The first-order valence-electron chi connectivity index (χ1n) is 11.3. The van der Waals surface area contributed by atoms with Crippen molar-refractivity contribution in [2.24, 2.45) is 5.92 Å². The second-order valence-electron chi connectivity index (χ2n) is 9.07. The minimum atomic E-state index is 0. The third kappa shape index (κ3) is 17.1. The fourth-order valence-electron chi connectivity index (χ4n) is 4.12. The molecule has 0 saturated heterocycles. The van der Waals surface area contributed by atoms with Gasteiger partial charge in [-0.3, -0.25) is 0 Å². The van der Waals surface area contributed by atoms with Crippen molar-refractivity contribution < 1.29 is 16.9 Å². The van der Waals surface area contributed by atoms with Crippen molar-refractivity contribution in [2.45, 2.75) is 84.1 Å². The minimum absolute atomic E-state index is 0. The Bertz CT molecular complexity index is 432. The van der Waals surface area contributed by atoms with E-state index in [2.05, 4.69) is 70.6 Å². The number of nitrogens with one attached hydrogen (secondary N) is 1. The highest BCUT2D eigenvalue weighted by molar-refractivity contribution is 5.85. The van der Waals surface area contributed by atoms with Gasteiger partial charge in [0.25, 0.3) is 0 Å². The number of nitrogens with zero attached hydrogens (tertiary/aromatic N) is 1. The van der Waals surface area contributed by atoms with E-state index in [-0.39, 0.29) is 24.8 Å². The Morgan fingerprint density at radius 3 is 1.62 bits per heavy atom. The van der Waals surface area contributed by atoms with Gasteiger partial charge in [0.2, 0.25) is 0 Å². The van der Waals surface area contributed by atoms with Crippen molar-refractivity contribution in [3.63, 3.8) is 0 Å². The van der Waals surface area contributed by atoms with Crippen LogP contribution < -0.4 is 17.7 Å². The van der Waals surface area contributed by atoms with Crippen LogP contribution in [0.15, 0.2) is 30.3 Å². The fourth-order valence-corrected chi connectivity index (χ4v) is 4.12. The largest absolute Gasteiger partial charge is 1.00 e. The summed E-state index contributed by atoms with van der Waals surface area (Å²) in [5.41, 5.74) is 1.49. The van der Waals surface area contributed by atoms with Gasteiger partial charge >= 0.3 is 0 Å². The van der Waals surface area contributed by atoms with Crippen molar-refractivity contribution >= 4 is 12.4 Å². The molecular formula is C25H50Cl2N2. The quantitative estimate of drug-likeness (QED) is 0.351. The van der Waals surface area contributed by atoms with Crippen LogP contribution in [0.4, 0.5) is 0 Å². The summed E-state index contributed by atoms with van der Waals surface area (Å²) in [6.07, 6.45) is 14.1. The van der Waals surface area contributed by atoms with Crippen molar-refractivity contribution in [3.8, 4) is 0 Å². The maximum Gasteiger partial charge on any atom is 0.117 e. The van der Waals surface area contributed by atoms with Gasteiger partial charge in [0.05, 0.1) is 21.1 Å². The second-order valence-corrected chi connectivity index (χ2v) is 9.07. The molecule has 0 aliphatic heterocycles. The molecule has 1 rings (SSSR count). The van der Waals surface area contributed by atoms with Crippen LogP contribution in [0.3, 0.4) is 0 Å². The van der Waals surface area contributed by atoms with Gasteiger partial charge in [0, 0.05) is 11.5 Å². The average molecular weight is 450 g/mol. The first-order valence-corrected chi connectivity index (χ1v) is 11.3. The Kier molecular flexibility index (Phi) is 24.1. The van der Waals surface area contributed by atoms with Gasteiger partial charge in [0.1, 0.15) is 6.04 Å². The molecule has 0 spiro atoms. The number of rotatable bonds is 13. The first-order chi connectivity index (χ1) is 12.9. The Morgan fingerprint density at radius 1 is 0.793 bits per heavy atom. The van der Waals surface area contributed by atoms with Gasteiger partial charge in [-0.25, -0.2) is 0 Å². The first kappa shape index (κ1) is 33.4. The summed E-state index contributed by atoms with van der Waals surface area (Å²) < 4.78 is 1.02. The van der Waals surface area contributed by atoms with Gasteiger partial charge in [0.15, 0.2) is 0 Å². The van der Waals surface area contributed by atoms with E-state index in [1.54, 1.807) is 0 Å². The third-order valence-electron chi connectivity index (χ3n) is 5.28. The number of hydrogen-bond donors (Lipinski definition) is 1. The SMILES string of the molecule is CCCCCCCCCCCC(C)C(c1ccccc1)[N+](C)(C)C.CNC.Cl.[Cl-]. The molecule has 0 radical (unpaired) electrons. The highest BCUT2D eigenvalue weighted by atomic mass is 35.5. The van der Waals surface area contributed by atoms with Gasteiger partial charge in [-0.15, -0.1) is 12.4 Å². The van der Waals surface area contributed by atoms with Crippen LogP contribution in [0.2, 0.25) is 0 Å². The van der Waals surface area contributed by atoms with Crippen LogP contribution >= 0.6 is 12.4 Å².